The van der Waals surface area contributed by atoms with E-state index in [2.05, 4.69) is 70.9 Å². The third-order valence-corrected chi connectivity index (χ3v) is 5.61. The number of benzene rings is 2. The zero-order chi connectivity index (χ0) is 16.4. The smallest absolute Gasteiger partial charge is 0.0713 e. The monoisotopic (exact) mass is 322 g/mol. The Kier molecular flexibility index (Phi) is 4.65. The molecule has 0 unspecified atom stereocenters. The molecule has 0 aromatic heterocycles. The molecule has 3 nitrogen and oxygen atoms in total. The molecule has 2 heterocycles. The normalized spacial score (nSPS) is 27.3. The van der Waals surface area contributed by atoms with Gasteiger partial charge in [0.2, 0.25) is 0 Å². The molecular weight excluding hydrogens is 296 g/mol. The van der Waals surface area contributed by atoms with Crippen LogP contribution < -0.4 is 5.32 Å². The Morgan fingerprint density at radius 1 is 0.958 bits per heavy atom. The summed E-state index contributed by atoms with van der Waals surface area (Å²) in [6.45, 7) is 3.15. The highest BCUT2D eigenvalue weighted by Crippen LogP contribution is 2.36. The molecule has 2 aromatic carbocycles. The van der Waals surface area contributed by atoms with Crippen LogP contribution in [0.2, 0.25) is 0 Å². The summed E-state index contributed by atoms with van der Waals surface area (Å²) >= 11 is 0. The first-order valence-corrected chi connectivity index (χ1v) is 8.96. The zero-order valence-electron chi connectivity index (χ0n) is 14.3. The fourth-order valence-corrected chi connectivity index (χ4v) is 4.46. The molecular formula is C21H26N2O. The first-order valence-electron chi connectivity index (χ1n) is 8.96. The first kappa shape index (κ1) is 15.8. The number of nitrogens with one attached hydrogen (secondary N) is 1. The van der Waals surface area contributed by atoms with Crippen LogP contribution >= 0.6 is 0 Å². The third kappa shape index (κ3) is 3.00. The molecule has 24 heavy (non-hydrogen) atoms. The quantitative estimate of drug-likeness (QED) is 0.937. The fourth-order valence-electron chi connectivity index (χ4n) is 4.46. The second kappa shape index (κ2) is 7.06. The van der Waals surface area contributed by atoms with Crippen LogP contribution in [0.3, 0.4) is 0 Å². The van der Waals surface area contributed by atoms with Gasteiger partial charge in [-0.05, 0) is 17.5 Å². The lowest BCUT2D eigenvalue weighted by Gasteiger charge is -2.42. The Balaban J connectivity index is 1.71. The van der Waals surface area contributed by atoms with E-state index in [0.717, 1.165) is 26.1 Å². The Labute approximate surface area is 144 Å². The fraction of sp³-hybridized carbons (Fsp3) is 0.429. The van der Waals surface area contributed by atoms with Gasteiger partial charge in [0.1, 0.15) is 0 Å². The van der Waals surface area contributed by atoms with E-state index >= 15 is 0 Å². The number of rotatable bonds is 4. The lowest BCUT2D eigenvalue weighted by Crippen LogP contribution is -2.56. The van der Waals surface area contributed by atoms with Crippen LogP contribution in [0, 0.1) is 0 Å². The number of nitrogens with zero attached hydrogens (tertiary/aromatic N) is 1. The van der Waals surface area contributed by atoms with Crippen molar-refractivity contribution in [3.8, 4) is 0 Å². The van der Waals surface area contributed by atoms with Crippen LogP contribution in [0.15, 0.2) is 60.7 Å². The van der Waals surface area contributed by atoms with Crippen molar-refractivity contribution < 1.29 is 4.74 Å². The van der Waals surface area contributed by atoms with Gasteiger partial charge in [0, 0.05) is 44.7 Å². The topological polar surface area (TPSA) is 24.5 Å². The van der Waals surface area contributed by atoms with E-state index < -0.39 is 0 Å². The maximum Gasteiger partial charge on any atom is 0.0713 e. The van der Waals surface area contributed by atoms with Crippen LogP contribution in [0.25, 0.3) is 0 Å². The van der Waals surface area contributed by atoms with E-state index in [0.29, 0.717) is 24.1 Å². The van der Waals surface area contributed by atoms with Crippen LogP contribution in [-0.4, -0.2) is 49.8 Å². The van der Waals surface area contributed by atoms with E-state index in [1.165, 1.54) is 11.1 Å². The number of ether oxygens (including phenoxy) is 1. The van der Waals surface area contributed by atoms with Crippen molar-refractivity contribution in [3.63, 3.8) is 0 Å². The minimum atomic E-state index is 0.365. The van der Waals surface area contributed by atoms with Crippen molar-refractivity contribution in [2.75, 3.05) is 26.7 Å². The van der Waals surface area contributed by atoms with Gasteiger partial charge in [-0.15, -0.1) is 0 Å². The van der Waals surface area contributed by atoms with Crippen molar-refractivity contribution in [1.29, 1.82) is 0 Å². The largest absolute Gasteiger partial charge is 0.380 e. The third-order valence-electron chi connectivity index (χ3n) is 5.61. The predicted octanol–water partition coefficient (Wildman–Crippen LogP) is 2.88. The molecule has 126 valence electrons. The molecule has 0 bridgehead atoms. The summed E-state index contributed by atoms with van der Waals surface area (Å²) in [7, 11) is 1.84. The Hall–Kier alpha value is -1.68. The maximum absolute atomic E-state index is 5.67. The van der Waals surface area contributed by atoms with Crippen LogP contribution in [0.4, 0.5) is 0 Å². The molecule has 0 amide bonds. The number of fused-ring (bicyclic) bond motifs is 1. The number of hydrogen-bond donors (Lipinski definition) is 1. The molecule has 2 fully saturated rings. The highest BCUT2D eigenvalue weighted by Gasteiger charge is 2.42. The van der Waals surface area contributed by atoms with Crippen molar-refractivity contribution in [3.05, 3.63) is 71.8 Å². The van der Waals surface area contributed by atoms with E-state index in [1.54, 1.807) is 0 Å². The minimum absolute atomic E-state index is 0.365. The Morgan fingerprint density at radius 3 is 2.17 bits per heavy atom. The first-order chi connectivity index (χ1) is 11.9. The van der Waals surface area contributed by atoms with Gasteiger partial charge in [0.25, 0.3) is 0 Å². The summed E-state index contributed by atoms with van der Waals surface area (Å²) in [5, 5.41) is 3.67. The molecule has 2 aliphatic heterocycles. The van der Waals surface area contributed by atoms with Gasteiger partial charge >= 0.3 is 0 Å². The molecule has 3 heteroatoms. The van der Waals surface area contributed by atoms with Crippen molar-refractivity contribution in [1.82, 2.24) is 10.2 Å². The zero-order valence-corrected chi connectivity index (χ0v) is 14.3. The van der Waals surface area contributed by atoms with E-state index in [4.69, 9.17) is 4.74 Å². The van der Waals surface area contributed by atoms with Crippen LogP contribution in [0.1, 0.15) is 23.5 Å². The molecule has 0 spiro atoms. The summed E-state index contributed by atoms with van der Waals surface area (Å²) in [6, 6.07) is 22.9. The molecule has 4 rings (SSSR count). The van der Waals surface area contributed by atoms with Gasteiger partial charge in [0.15, 0.2) is 0 Å². The van der Waals surface area contributed by atoms with Gasteiger partial charge < -0.3 is 10.1 Å². The second-order valence-corrected chi connectivity index (χ2v) is 6.97. The van der Waals surface area contributed by atoms with Gasteiger partial charge in [0.05, 0.1) is 6.10 Å². The lowest BCUT2D eigenvalue weighted by atomic mass is 9.83. The molecule has 1 N–H and O–H groups in total. The summed E-state index contributed by atoms with van der Waals surface area (Å²) in [5.41, 5.74) is 2.80. The standard InChI is InChI=1S/C21H26N2O/c1-24-19-12-18-13-22-14-20(23(18)15-19)21(16-8-4-2-5-9-16)17-10-6-3-7-11-17/h2-11,18-22H,12-15H2,1H3/t18-,19+,20+/m0/s1. The number of hydrogen-bond acceptors (Lipinski definition) is 3. The number of piperazine rings is 1. The Bertz CT molecular complexity index is 606. The van der Waals surface area contributed by atoms with E-state index in [9.17, 15) is 0 Å². The van der Waals surface area contributed by atoms with Crippen LogP contribution in [0.5, 0.6) is 0 Å². The maximum atomic E-state index is 5.67. The molecule has 0 aliphatic carbocycles. The summed E-state index contributed by atoms with van der Waals surface area (Å²) in [5.74, 6) is 0.387. The highest BCUT2D eigenvalue weighted by atomic mass is 16.5. The van der Waals surface area contributed by atoms with E-state index in [1.807, 2.05) is 7.11 Å². The van der Waals surface area contributed by atoms with Crippen molar-refractivity contribution in [2.45, 2.75) is 30.5 Å². The highest BCUT2D eigenvalue weighted by molar-refractivity contribution is 5.35. The molecule has 2 saturated heterocycles. The average molecular weight is 322 g/mol. The predicted molar refractivity (Wildman–Crippen MR) is 97.3 cm³/mol. The van der Waals surface area contributed by atoms with E-state index in [-0.39, 0.29) is 0 Å². The molecule has 2 aliphatic rings. The van der Waals surface area contributed by atoms with Gasteiger partial charge in [-0.2, -0.15) is 0 Å². The molecule has 0 saturated carbocycles. The molecule has 2 aromatic rings. The number of methoxy groups -OCH3 is 1. The second-order valence-electron chi connectivity index (χ2n) is 6.97. The summed E-state index contributed by atoms with van der Waals surface area (Å²) < 4.78 is 5.67. The van der Waals surface area contributed by atoms with Gasteiger partial charge in [-0.25, -0.2) is 0 Å². The van der Waals surface area contributed by atoms with Crippen molar-refractivity contribution >= 4 is 0 Å². The minimum Gasteiger partial charge on any atom is -0.380 e. The summed E-state index contributed by atoms with van der Waals surface area (Å²) in [6.07, 6.45) is 1.50. The average Bonchev–Trinajstić information content (AvgIpc) is 3.08. The SMILES string of the molecule is CO[C@@H]1C[C@H]2CNC[C@H](C(c3ccccc3)c3ccccc3)N2C1. The van der Waals surface area contributed by atoms with Gasteiger partial charge in [-0.3, -0.25) is 4.90 Å². The van der Waals surface area contributed by atoms with Crippen molar-refractivity contribution in [2.24, 2.45) is 0 Å². The Morgan fingerprint density at radius 2 is 1.58 bits per heavy atom. The summed E-state index contributed by atoms with van der Waals surface area (Å²) in [4.78, 5) is 2.69. The van der Waals surface area contributed by atoms with Crippen LogP contribution in [-0.2, 0) is 4.74 Å². The molecule has 0 radical (unpaired) electrons. The lowest BCUT2D eigenvalue weighted by molar-refractivity contribution is 0.0895. The van der Waals surface area contributed by atoms with Gasteiger partial charge in [-0.1, -0.05) is 60.7 Å². The molecule has 3 atom stereocenters.